The van der Waals surface area contributed by atoms with Crippen molar-refractivity contribution in [2.24, 2.45) is 0 Å². The summed E-state index contributed by atoms with van der Waals surface area (Å²) in [6, 6.07) is 18.5. The van der Waals surface area contributed by atoms with Gasteiger partial charge in [-0.15, -0.1) is 0 Å². The Balaban J connectivity index is 1.83. The van der Waals surface area contributed by atoms with Gasteiger partial charge in [0, 0.05) is 11.3 Å². The molecular formula is C22H21NO4S. The third-order valence-corrected chi connectivity index (χ3v) is 5.56. The molecule has 0 radical (unpaired) electrons. The molecule has 0 aromatic heterocycles. The molecule has 0 fully saturated rings. The van der Waals surface area contributed by atoms with Crippen LogP contribution < -0.4 is 9.50 Å². The molecule has 3 rings (SSSR count). The van der Waals surface area contributed by atoms with Crippen LogP contribution in [-0.4, -0.2) is 14.3 Å². The number of aryl methyl sites for hydroxylation is 3. The lowest BCUT2D eigenvalue weighted by Crippen LogP contribution is -2.14. The number of amides is 1. The zero-order valence-corrected chi connectivity index (χ0v) is 16.7. The molecule has 5 nitrogen and oxygen atoms in total. The van der Waals surface area contributed by atoms with Gasteiger partial charge in [0.1, 0.15) is 10.6 Å². The Bertz CT molecular complexity index is 1080. The first-order valence-electron chi connectivity index (χ1n) is 8.75. The highest BCUT2D eigenvalue weighted by Crippen LogP contribution is 2.29. The smallest absolute Gasteiger partial charge is 0.339 e. The van der Waals surface area contributed by atoms with Crippen LogP contribution in [0.3, 0.4) is 0 Å². The van der Waals surface area contributed by atoms with E-state index in [0.717, 1.165) is 5.56 Å². The summed E-state index contributed by atoms with van der Waals surface area (Å²) in [6.07, 6.45) is 0. The van der Waals surface area contributed by atoms with Crippen LogP contribution in [0.15, 0.2) is 71.6 Å². The Morgan fingerprint density at radius 3 is 2.00 bits per heavy atom. The van der Waals surface area contributed by atoms with Gasteiger partial charge in [0.25, 0.3) is 5.91 Å². The fraction of sp³-hybridized carbons (Fsp3) is 0.136. The molecule has 0 aliphatic carbocycles. The summed E-state index contributed by atoms with van der Waals surface area (Å²) in [6.45, 7) is 5.46. The second-order valence-electron chi connectivity index (χ2n) is 6.60. The van der Waals surface area contributed by atoms with E-state index in [0.29, 0.717) is 22.4 Å². The minimum absolute atomic E-state index is 0.0925. The monoisotopic (exact) mass is 395 g/mol. The average molecular weight is 395 g/mol. The Kier molecular flexibility index (Phi) is 5.51. The van der Waals surface area contributed by atoms with Crippen molar-refractivity contribution in [1.82, 2.24) is 0 Å². The Labute approximate surface area is 165 Å². The summed E-state index contributed by atoms with van der Waals surface area (Å²) in [5.74, 6) is -0.0268. The highest BCUT2D eigenvalue weighted by Gasteiger charge is 2.18. The molecule has 6 heteroatoms. The summed E-state index contributed by atoms with van der Waals surface area (Å²) in [7, 11) is -3.93. The minimum Gasteiger partial charge on any atom is -0.379 e. The summed E-state index contributed by atoms with van der Waals surface area (Å²) in [5, 5.41) is 2.88. The molecule has 28 heavy (non-hydrogen) atoms. The van der Waals surface area contributed by atoms with Gasteiger partial charge in [-0.3, -0.25) is 4.79 Å². The summed E-state index contributed by atoms with van der Waals surface area (Å²) < 4.78 is 30.3. The molecule has 0 aliphatic rings. The SMILES string of the molecule is Cc1ccc(S(=O)(=O)Oc2cc(C)c(NC(=O)c3ccccc3)c(C)c2)cc1. The van der Waals surface area contributed by atoms with Gasteiger partial charge < -0.3 is 9.50 Å². The largest absolute Gasteiger partial charge is 0.379 e. The molecule has 0 atom stereocenters. The lowest BCUT2D eigenvalue weighted by Gasteiger charge is -2.14. The first-order chi connectivity index (χ1) is 13.3. The van der Waals surface area contributed by atoms with Gasteiger partial charge in [0.2, 0.25) is 0 Å². The zero-order valence-electron chi connectivity index (χ0n) is 15.9. The molecule has 0 bridgehead atoms. The maximum Gasteiger partial charge on any atom is 0.339 e. The van der Waals surface area contributed by atoms with Crippen LogP contribution in [0.25, 0.3) is 0 Å². The van der Waals surface area contributed by atoms with Crippen LogP contribution >= 0.6 is 0 Å². The van der Waals surface area contributed by atoms with Crippen molar-refractivity contribution in [2.75, 3.05) is 5.32 Å². The molecule has 0 saturated carbocycles. The van der Waals surface area contributed by atoms with E-state index in [1.54, 1.807) is 62.4 Å². The fourth-order valence-electron chi connectivity index (χ4n) is 2.82. The van der Waals surface area contributed by atoms with Gasteiger partial charge >= 0.3 is 10.1 Å². The number of carbonyl (C=O) groups is 1. The molecule has 3 aromatic carbocycles. The number of hydrogen-bond donors (Lipinski definition) is 1. The molecule has 0 heterocycles. The van der Waals surface area contributed by atoms with Crippen LogP contribution in [0.4, 0.5) is 5.69 Å². The van der Waals surface area contributed by atoms with E-state index < -0.39 is 10.1 Å². The van der Waals surface area contributed by atoms with E-state index >= 15 is 0 Å². The molecule has 1 amide bonds. The molecule has 0 aliphatic heterocycles. The summed E-state index contributed by atoms with van der Waals surface area (Å²) >= 11 is 0. The molecule has 0 saturated heterocycles. The van der Waals surface area contributed by atoms with Crippen molar-refractivity contribution in [3.05, 3.63) is 89.0 Å². The molecule has 0 unspecified atom stereocenters. The second-order valence-corrected chi connectivity index (χ2v) is 8.15. The second kappa shape index (κ2) is 7.86. The molecule has 0 spiro atoms. The van der Waals surface area contributed by atoms with Crippen molar-refractivity contribution in [3.63, 3.8) is 0 Å². The standard InChI is InChI=1S/C22H21NO4S/c1-15-9-11-20(12-10-15)28(25,26)27-19-13-16(2)21(17(3)14-19)23-22(24)18-7-5-4-6-8-18/h4-14H,1-3H3,(H,23,24). The normalized spacial score (nSPS) is 11.1. The van der Waals surface area contributed by atoms with E-state index in [2.05, 4.69) is 5.32 Å². The van der Waals surface area contributed by atoms with Gasteiger partial charge in [0.15, 0.2) is 0 Å². The quantitative estimate of drug-likeness (QED) is 0.639. The fourth-order valence-corrected chi connectivity index (χ4v) is 3.74. The number of hydrogen-bond acceptors (Lipinski definition) is 4. The number of anilines is 1. The van der Waals surface area contributed by atoms with Crippen molar-refractivity contribution >= 4 is 21.7 Å². The van der Waals surface area contributed by atoms with Crippen molar-refractivity contribution < 1.29 is 17.4 Å². The van der Waals surface area contributed by atoms with Crippen molar-refractivity contribution in [1.29, 1.82) is 0 Å². The minimum atomic E-state index is -3.93. The van der Waals surface area contributed by atoms with Crippen LogP contribution in [0, 0.1) is 20.8 Å². The van der Waals surface area contributed by atoms with Crippen LogP contribution in [0.5, 0.6) is 5.75 Å². The maximum absolute atomic E-state index is 12.5. The van der Waals surface area contributed by atoms with Crippen LogP contribution in [0.2, 0.25) is 0 Å². The highest BCUT2D eigenvalue weighted by atomic mass is 32.2. The molecular weight excluding hydrogens is 374 g/mol. The van der Waals surface area contributed by atoms with Gasteiger partial charge in [-0.2, -0.15) is 8.42 Å². The zero-order chi connectivity index (χ0) is 20.3. The number of nitrogens with one attached hydrogen (secondary N) is 1. The highest BCUT2D eigenvalue weighted by molar-refractivity contribution is 7.87. The maximum atomic E-state index is 12.5. The Morgan fingerprint density at radius 2 is 1.43 bits per heavy atom. The van der Waals surface area contributed by atoms with E-state index in [-0.39, 0.29) is 16.6 Å². The first-order valence-corrected chi connectivity index (χ1v) is 10.2. The van der Waals surface area contributed by atoms with Gasteiger partial charge in [-0.25, -0.2) is 0 Å². The predicted octanol–water partition coefficient (Wildman–Crippen LogP) is 4.63. The van der Waals surface area contributed by atoms with E-state index in [1.165, 1.54) is 12.1 Å². The molecule has 1 N–H and O–H groups in total. The number of carbonyl (C=O) groups excluding carboxylic acids is 1. The third kappa shape index (κ3) is 4.40. The average Bonchev–Trinajstić information content (AvgIpc) is 2.65. The predicted molar refractivity (Wildman–Crippen MR) is 109 cm³/mol. The van der Waals surface area contributed by atoms with Crippen molar-refractivity contribution in [2.45, 2.75) is 25.7 Å². The van der Waals surface area contributed by atoms with Gasteiger partial charge in [-0.05, 0) is 68.3 Å². The topological polar surface area (TPSA) is 72.5 Å². The van der Waals surface area contributed by atoms with Crippen molar-refractivity contribution in [3.8, 4) is 5.75 Å². The summed E-state index contributed by atoms with van der Waals surface area (Å²) in [4.78, 5) is 12.5. The Morgan fingerprint density at radius 1 is 0.857 bits per heavy atom. The van der Waals surface area contributed by atoms with E-state index in [9.17, 15) is 13.2 Å². The summed E-state index contributed by atoms with van der Waals surface area (Å²) in [5.41, 5.74) is 3.55. The molecule has 3 aromatic rings. The molecule has 144 valence electrons. The Hall–Kier alpha value is -3.12. The van der Waals surface area contributed by atoms with Crippen LogP contribution in [0.1, 0.15) is 27.0 Å². The number of benzene rings is 3. The van der Waals surface area contributed by atoms with E-state index in [1.807, 2.05) is 13.0 Å². The lowest BCUT2D eigenvalue weighted by molar-refractivity contribution is 0.102. The number of rotatable bonds is 5. The van der Waals surface area contributed by atoms with Gasteiger partial charge in [0.05, 0.1) is 0 Å². The lowest BCUT2D eigenvalue weighted by atomic mass is 10.1. The first kappa shape index (κ1) is 19.6. The van der Waals surface area contributed by atoms with Gasteiger partial charge in [-0.1, -0.05) is 35.9 Å². The van der Waals surface area contributed by atoms with E-state index in [4.69, 9.17) is 4.18 Å². The van der Waals surface area contributed by atoms with Crippen LogP contribution in [-0.2, 0) is 10.1 Å². The third-order valence-electron chi connectivity index (χ3n) is 4.30.